The number of phosphoric acid groups is 1. The van der Waals surface area contributed by atoms with Crippen LogP contribution in [0.15, 0.2) is 21.9 Å². The van der Waals surface area contributed by atoms with Gasteiger partial charge < -0.3 is 19.5 Å². The molecule has 2 rings (SSSR count). The van der Waals surface area contributed by atoms with Crippen molar-refractivity contribution < 1.29 is 33.1 Å². The van der Waals surface area contributed by atoms with E-state index in [1.54, 1.807) is 0 Å². The number of H-pyrrole nitrogens is 1. The van der Waals surface area contributed by atoms with Crippen LogP contribution in [0.4, 0.5) is 0 Å². The van der Waals surface area contributed by atoms with E-state index in [2.05, 4.69) is 17.6 Å². The fourth-order valence-corrected chi connectivity index (χ4v) is 3.91. The lowest BCUT2D eigenvalue weighted by Crippen LogP contribution is -2.38. The molecular weight excluding hydrogens is 427 g/mol. The maximum Gasteiger partial charge on any atom is 0.472 e. The number of hydrogen-bond donors (Lipinski definition) is 4. The number of aromatic amines is 1. The molecule has 5 atom stereocenters. The highest BCUT2D eigenvalue weighted by Crippen LogP contribution is 2.44. The highest BCUT2D eigenvalue weighted by molar-refractivity contribution is 7.80. The first-order valence-electron chi connectivity index (χ1n) is 9.19. The minimum atomic E-state index is -4.33. The van der Waals surface area contributed by atoms with Crippen molar-refractivity contribution >= 4 is 20.5 Å². The molecule has 13 heteroatoms. The van der Waals surface area contributed by atoms with Crippen molar-refractivity contribution in [3.8, 4) is 0 Å². The van der Waals surface area contributed by atoms with Crippen molar-refractivity contribution in [3.63, 3.8) is 0 Å². The molecule has 1 aromatic rings. The van der Waals surface area contributed by atoms with Crippen molar-refractivity contribution in [1.82, 2.24) is 9.55 Å². The number of unbranched alkanes of at least 4 members (excludes halogenated alkanes) is 3. The summed E-state index contributed by atoms with van der Waals surface area (Å²) in [6.07, 6.45) is 0.263. The number of aliphatic hydroxyl groups excluding tert-OH is 1. The van der Waals surface area contributed by atoms with E-state index in [-0.39, 0.29) is 6.61 Å². The molecule has 0 bridgehead atoms. The van der Waals surface area contributed by atoms with E-state index in [1.807, 2.05) is 0 Å². The molecule has 1 fully saturated rings. The van der Waals surface area contributed by atoms with Crippen molar-refractivity contribution in [1.29, 1.82) is 0 Å². The standard InChI is InChI=1S/C16H27N2O9PS/c1-24-14-13(20)11(27-15(14)18-7-6-12(19)17-16(18)21)10-26-28(22,23)25-8-4-2-3-5-9-29/h6-7,11,13-15,20,29H,2-5,8-10H2,1H3,(H,22,23)(H,17,19,21)/t11-,13?,14+,15-/m1/s1. The largest absolute Gasteiger partial charge is 0.472 e. The first-order valence-corrected chi connectivity index (χ1v) is 11.3. The summed E-state index contributed by atoms with van der Waals surface area (Å²) in [5.41, 5.74) is -1.32. The Morgan fingerprint density at radius 3 is 2.66 bits per heavy atom. The second-order valence-corrected chi connectivity index (χ2v) is 8.41. The van der Waals surface area contributed by atoms with Crippen LogP contribution >= 0.6 is 20.5 Å². The van der Waals surface area contributed by atoms with Crippen LogP contribution in [0.25, 0.3) is 0 Å². The molecule has 0 radical (unpaired) electrons. The molecule has 1 saturated heterocycles. The number of aliphatic hydroxyl groups is 1. The van der Waals surface area contributed by atoms with E-state index >= 15 is 0 Å². The van der Waals surface area contributed by atoms with Gasteiger partial charge >= 0.3 is 13.5 Å². The Morgan fingerprint density at radius 1 is 1.28 bits per heavy atom. The zero-order valence-electron chi connectivity index (χ0n) is 16.0. The van der Waals surface area contributed by atoms with Gasteiger partial charge in [0.15, 0.2) is 6.23 Å². The lowest BCUT2D eigenvalue weighted by atomic mass is 10.1. The molecule has 0 spiro atoms. The third-order valence-corrected chi connectivity index (χ3v) is 5.72. The topological polar surface area (TPSA) is 149 Å². The molecule has 1 aliphatic rings. The Labute approximate surface area is 173 Å². The Morgan fingerprint density at radius 2 is 2.00 bits per heavy atom. The predicted molar refractivity (Wildman–Crippen MR) is 106 cm³/mol. The molecule has 11 nitrogen and oxygen atoms in total. The first-order chi connectivity index (χ1) is 13.8. The van der Waals surface area contributed by atoms with Crippen molar-refractivity contribution in [3.05, 3.63) is 33.1 Å². The van der Waals surface area contributed by atoms with Crippen LogP contribution in [-0.4, -0.2) is 63.9 Å². The van der Waals surface area contributed by atoms with Crippen molar-refractivity contribution in [2.24, 2.45) is 0 Å². The van der Waals surface area contributed by atoms with Gasteiger partial charge in [-0.1, -0.05) is 12.8 Å². The molecule has 3 N–H and O–H groups in total. The maximum atomic E-state index is 12.0. The molecular formula is C16H27N2O9PS. The highest BCUT2D eigenvalue weighted by Gasteiger charge is 2.46. The van der Waals surface area contributed by atoms with Gasteiger partial charge in [-0.2, -0.15) is 12.6 Å². The summed E-state index contributed by atoms with van der Waals surface area (Å²) >= 11 is 4.11. The van der Waals surface area contributed by atoms with Gasteiger partial charge in [0.1, 0.15) is 18.3 Å². The molecule has 0 aliphatic carbocycles. The molecule has 166 valence electrons. The molecule has 29 heavy (non-hydrogen) atoms. The number of methoxy groups -OCH3 is 1. The second kappa shape index (κ2) is 11.4. The second-order valence-electron chi connectivity index (χ2n) is 6.51. The molecule has 2 heterocycles. The third kappa shape index (κ3) is 7.04. The molecule has 0 aromatic carbocycles. The monoisotopic (exact) mass is 454 g/mol. The van der Waals surface area contributed by atoms with Crippen LogP contribution in [0.1, 0.15) is 31.9 Å². The number of thiol groups is 1. The van der Waals surface area contributed by atoms with E-state index in [4.69, 9.17) is 18.5 Å². The van der Waals surface area contributed by atoms with Gasteiger partial charge in [-0.15, -0.1) is 0 Å². The summed E-state index contributed by atoms with van der Waals surface area (Å²) < 4.78 is 33.7. The van der Waals surface area contributed by atoms with Crippen LogP contribution in [0, 0.1) is 0 Å². The number of nitrogens with zero attached hydrogens (tertiary/aromatic N) is 1. The summed E-state index contributed by atoms with van der Waals surface area (Å²) in [7, 11) is -3.01. The van der Waals surface area contributed by atoms with Gasteiger partial charge in [-0.05, 0) is 18.6 Å². The summed E-state index contributed by atoms with van der Waals surface area (Å²) in [5.74, 6) is 0.792. The minimum Gasteiger partial charge on any atom is -0.387 e. The average molecular weight is 454 g/mol. The number of ether oxygens (including phenoxy) is 2. The van der Waals surface area contributed by atoms with Gasteiger partial charge in [0.25, 0.3) is 5.56 Å². The van der Waals surface area contributed by atoms with Gasteiger partial charge in [-0.25, -0.2) is 9.36 Å². The first kappa shape index (κ1) is 24.3. The zero-order chi connectivity index (χ0) is 21.4. The van der Waals surface area contributed by atoms with E-state index < -0.39 is 50.2 Å². The van der Waals surface area contributed by atoms with Crippen LogP contribution in [-0.2, 0) is 23.1 Å². The van der Waals surface area contributed by atoms with E-state index in [9.17, 15) is 24.2 Å². The van der Waals surface area contributed by atoms with E-state index in [0.717, 1.165) is 35.6 Å². The lowest BCUT2D eigenvalue weighted by Gasteiger charge is -2.19. The third-order valence-electron chi connectivity index (χ3n) is 4.42. The minimum absolute atomic E-state index is 0.0600. The fourth-order valence-electron chi connectivity index (χ4n) is 2.91. The molecule has 1 aromatic heterocycles. The van der Waals surface area contributed by atoms with E-state index in [0.29, 0.717) is 6.42 Å². The van der Waals surface area contributed by atoms with Crippen LogP contribution < -0.4 is 11.2 Å². The Balaban J connectivity index is 1.91. The Kier molecular flexibility index (Phi) is 9.57. The summed E-state index contributed by atoms with van der Waals surface area (Å²) in [6, 6.07) is 1.12. The van der Waals surface area contributed by atoms with E-state index in [1.165, 1.54) is 13.3 Å². The van der Waals surface area contributed by atoms with Crippen molar-refractivity contribution in [2.45, 2.75) is 50.2 Å². The summed E-state index contributed by atoms with van der Waals surface area (Å²) in [5, 5.41) is 10.4. The van der Waals surface area contributed by atoms with Gasteiger partial charge in [0, 0.05) is 19.4 Å². The SMILES string of the molecule is CO[C@H]1C(O)[C@@H](COP(=O)(O)OCCCCCCS)O[C@H]1n1ccc(=O)[nH]c1=O. The van der Waals surface area contributed by atoms with Gasteiger partial charge in [0.05, 0.1) is 13.2 Å². The predicted octanol–water partition coefficient (Wildman–Crippen LogP) is 0.434. The smallest absolute Gasteiger partial charge is 0.387 e. The lowest BCUT2D eigenvalue weighted by molar-refractivity contribution is -0.0626. The van der Waals surface area contributed by atoms with Gasteiger partial charge in [-0.3, -0.25) is 23.4 Å². The van der Waals surface area contributed by atoms with Crippen LogP contribution in [0.5, 0.6) is 0 Å². The van der Waals surface area contributed by atoms with Crippen molar-refractivity contribution in [2.75, 3.05) is 26.1 Å². The van der Waals surface area contributed by atoms with Crippen LogP contribution in [0.2, 0.25) is 0 Å². The summed E-state index contributed by atoms with van der Waals surface area (Å²) in [6.45, 7) is -0.395. The number of phosphoric ester groups is 1. The number of hydrogen-bond acceptors (Lipinski definition) is 9. The number of rotatable bonds is 12. The zero-order valence-corrected chi connectivity index (χ0v) is 17.8. The molecule has 0 amide bonds. The highest BCUT2D eigenvalue weighted by atomic mass is 32.1. The molecule has 0 saturated carbocycles. The normalized spacial score (nSPS) is 26.5. The quantitative estimate of drug-likeness (QED) is 0.200. The van der Waals surface area contributed by atoms with Gasteiger partial charge in [0.2, 0.25) is 0 Å². The fraction of sp³-hybridized carbons (Fsp3) is 0.750. The average Bonchev–Trinajstić information content (AvgIpc) is 2.98. The van der Waals surface area contributed by atoms with Crippen LogP contribution in [0.3, 0.4) is 0 Å². The Bertz CT molecular complexity index is 801. The maximum absolute atomic E-state index is 12.0. The summed E-state index contributed by atoms with van der Waals surface area (Å²) in [4.78, 5) is 35.1. The number of aromatic nitrogens is 2. The number of nitrogens with one attached hydrogen (secondary N) is 1. The Hall–Kier alpha value is -0.980. The molecule has 2 unspecified atom stereocenters. The molecule has 1 aliphatic heterocycles.